The van der Waals surface area contributed by atoms with Crippen molar-refractivity contribution in [1.82, 2.24) is 14.8 Å². The number of aromatic amines is 1. The minimum Gasteiger partial charge on any atom is -0.351 e. The van der Waals surface area contributed by atoms with Gasteiger partial charge in [0.25, 0.3) is 11.8 Å². The summed E-state index contributed by atoms with van der Waals surface area (Å²) in [6, 6.07) is 16.1. The van der Waals surface area contributed by atoms with E-state index in [2.05, 4.69) is 31.0 Å². The van der Waals surface area contributed by atoms with Crippen LogP contribution in [-0.4, -0.2) is 58.3 Å². The van der Waals surface area contributed by atoms with Gasteiger partial charge in [-0.1, -0.05) is 44.2 Å². The monoisotopic (exact) mass is 430 g/mol. The number of fused-ring (bicyclic) bond motifs is 2. The summed E-state index contributed by atoms with van der Waals surface area (Å²) >= 11 is 0. The van der Waals surface area contributed by atoms with Crippen molar-refractivity contribution in [3.8, 4) is 0 Å². The van der Waals surface area contributed by atoms with E-state index in [1.165, 1.54) is 10.5 Å². The first-order chi connectivity index (χ1) is 15.4. The highest BCUT2D eigenvalue weighted by Gasteiger charge is 2.49. The van der Waals surface area contributed by atoms with Gasteiger partial charge in [-0.25, -0.2) is 9.69 Å². The first kappa shape index (κ1) is 20.3. The Labute approximate surface area is 186 Å². The van der Waals surface area contributed by atoms with Gasteiger partial charge in [0.05, 0.1) is 12.2 Å². The number of nitrogens with zero attached hydrogens (tertiary/aromatic N) is 3. The van der Waals surface area contributed by atoms with E-state index in [0.717, 1.165) is 17.3 Å². The number of H-pyrrole nitrogens is 1. The SMILES string of the molecule is CC(C)Cc1ccc2cc(C(=O)N3CCN4C(=O)N(c5ccccc5)C(=O)C4C3)[nH]c2c1. The van der Waals surface area contributed by atoms with E-state index < -0.39 is 6.04 Å². The maximum absolute atomic E-state index is 13.2. The molecule has 4 amide bonds. The number of anilines is 1. The number of aromatic nitrogens is 1. The first-order valence-corrected chi connectivity index (χ1v) is 11.0. The molecule has 3 aromatic rings. The van der Waals surface area contributed by atoms with Gasteiger partial charge >= 0.3 is 6.03 Å². The smallest absolute Gasteiger partial charge is 0.332 e. The fourth-order valence-electron chi connectivity index (χ4n) is 4.65. The number of imide groups is 1. The zero-order chi connectivity index (χ0) is 22.4. The molecule has 164 valence electrons. The first-order valence-electron chi connectivity index (χ1n) is 11.0. The molecule has 2 fully saturated rings. The highest BCUT2D eigenvalue weighted by Crippen LogP contribution is 2.28. The number of amides is 4. The van der Waals surface area contributed by atoms with Crippen molar-refractivity contribution < 1.29 is 14.4 Å². The van der Waals surface area contributed by atoms with Crippen LogP contribution in [0.2, 0.25) is 0 Å². The largest absolute Gasteiger partial charge is 0.351 e. The zero-order valence-corrected chi connectivity index (χ0v) is 18.2. The van der Waals surface area contributed by atoms with Crippen molar-refractivity contribution in [2.75, 3.05) is 24.5 Å². The molecule has 7 heteroatoms. The Morgan fingerprint density at radius 2 is 1.84 bits per heavy atom. The molecule has 1 unspecified atom stereocenters. The van der Waals surface area contributed by atoms with Crippen LogP contribution >= 0.6 is 0 Å². The third kappa shape index (κ3) is 3.43. The van der Waals surface area contributed by atoms with Crippen molar-refractivity contribution in [3.05, 3.63) is 65.9 Å². The lowest BCUT2D eigenvalue weighted by Crippen LogP contribution is -2.54. The number of urea groups is 1. The summed E-state index contributed by atoms with van der Waals surface area (Å²) in [6.07, 6.45) is 0.982. The van der Waals surface area contributed by atoms with Crippen molar-refractivity contribution in [2.24, 2.45) is 5.92 Å². The molecule has 0 saturated carbocycles. The van der Waals surface area contributed by atoms with Crippen LogP contribution in [0.4, 0.5) is 10.5 Å². The van der Waals surface area contributed by atoms with Gasteiger partial charge in [0, 0.05) is 24.0 Å². The summed E-state index contributed by atoms with van der Waals surface area (Å²) in [5.74, 6) is 0.125. The Kier molecular flexibility index (Phi) is 4.96. The van der Waals surface area contributed by atoms with E-state index in [-0.39, 0.29) is 24.4 Å². The number of carbonyl (C=O) groups excluding carboxylic acids is 3. The molecule has 7 nitrogen and oxygen atoms in total. The lowest BCUT2D eigenvalue weighted by Gasteiger charge is -2.35. The quantitative estimate of drug-likeness (QED) is 0.642. The van der Waals surface area contributed by atoms with Gasteiger partial charge in [-0.05, 0) is 42.2 Å². The molecular weight excluding hydrogens is 404 g/mol. The Balaban J connectivity index is 1.35. The second-order valence-corrected chi connectivity index (χ2v) is 8.95. The van der Waals surface area contributed by atoms with E-state index in [1.54, 1.807) is 34.1 Å². The van der Waals surface area contributed by atoms with Gasteiger partial charge in [0.1, 0.15) is 11.7 Å². The maximum atomic E-state index is 13.2. The molecule has 2 aromatic carbocycles. The number of benzene rings is 2. The standard InChI is InChI=1S/C25H26N4O3/c1-16(2)12-17-8-9-18-14-21(26-20(18)13-17)23(30)27-10-11-28-22(15-27)24(31)29(25(28)32)19-6-4-3-5-7-19/h3-9,13-14,16,22,26H,10-12,15H2,1-2H3. The second-order valence-electron chi connectivity index (χ2n) is 8.95. The summed E-state index contributed by atoms with van der Waals surface area (Å²) < 4.78 is 0. The average molecular weight is 431 g/mol. The Bertz CT molecular complexity index is 1200. The molecule has 2 saturated heterocycles. The van der Waals surface area contributed by atoms with Gasteiger partial charge < -0.3 is 14.8 Å². The Morgan fingerprint density at radius 1 is 1.06 bits per heavy atom. The number of carbonyl (C=O) groups is 3. The molecule has 0 spiro atoms. The third-order valence-corrected chi connectivity index (χ3v) is 6.19. The third-order valence-electron chi connectivity index (χ3n) is 6.19. The molecule has 3 heterocycles. The summed E-state index contributed by atoms with van der Waals surface area (Å²) in [5, 5.41) is 0.988. The van der Waals surface area contributed by atoms with Crippen LogP contribution < -0.4 is 4.90 Å². The van der Waals surface area contributed by atoms with Crippen LogP contribution in [-0.2, 0) is 11.2 Å². The number of hydrogen-bond donors (Lipinski definition) is 1. The van der Waals surface area contributed by atoms with Crippen LogP contribution in [0.5, 0.6) is 0 Å². The number of rotatable bonds is 4. The van der Waals surface area contributed by atoms with Gasteiger partial charge in [-0.3, -0.25) is 9.59 Å². The lowest BCUT2D eigenvalue weighted by atomic mass is 10.0. The van der Waals surface area contributed by atoms with Gasteiger partial charge in [0.15, 0.2) is 0 Å². The maximum Gasteiger partial charge on any atom is 0.332 e. The molecule has 5 rings (SSSR count). The van der Waals surface area contributed by atoms with Crippen LogP contribution in [0.25, 0.3) is 10.9 Å². The molecule has 2 aliphatic rings. The number of nitrogens with one attached hydrogen (secondary N) is 1. The summed E-state index contributed by atoms with van der Waals surface area (Å²) in [4.78, 5) is 46.8. The molecular formula is C25H26N4O3. The zero-order valence-electron chi connectivity index (χ0n) is 18.2. The van der Waals surface area contributed by atoms with E-state index in [0.29, 0.717) is 30.4 Å². The van der Waals surface area contributed by atoms with E-state index in [9.17, 15) is 14.4 Å². The molecule has 2 aliphatic heterocycles. The topological polar surface area (TPSA) is 76.7 Å². The fraction of sp³-hybridized carbons (Fsp3) is 0.320. The van der Waals surface area contributed by atoms with E-state index in [4.69, 9.17) is 0 Å². The summed E-state index contributed by atoms with van der Waals surface area (Å²) in [7, 11) is 0. The normalized spacial score (nSPS) is 18.7. The molecule has 1 atom stereocenters. The molecule has 32 heavy (non-hydrogen) atoms. The van der Waals surface area contributed by atoms with Crippen molar-refractivity contribution >= 4 is 34.4 Å². The van der Waals surface area contributed by atoms with Crippen LogP contribution in [0.3, 0.4) is 0 Å². The molecule has 0 aliphatic carbocycles. The van der Waals surface area contributed by atoms with Crippen LogP contribution in [0.1, 0.15) is 29.9 Å². The minimum absolute atomic E-state index is 0.148. The average Bonchev–Trinajstić information content (AvgIpc) is 3.32. The second kappa shape index (κ2) is 7.82. The van der Waals surface area contributed by atoms with Crippen molar-refractivity contribution in [3.63, 3.8) is 0 Å². The molecule has 1 N–H and O–H groups in total. The van der Waals surface area contributed by atoms with Crippen LogP contribution in [0.15, 0.2) is 54.6 Å². The highest BCUT2D eigenvalue weighted by molar-refractivity contribution is 6.21. The predicted molar refractivity (Wildman–Crippen MR) is 123 cm³/mol. The molecule has 0 radical (unpaired) electrons. The van der Waals surface area contributed by atoms with Gasteiger partial charge in [0.2, 0.25) is 0 Å². The van der Waals surface area contributed by atoms with Gasteiger partial charge in [-0.15, -0.1) is 0 Å². The Hall–Kier alpha value is -3.61. The lowest BCUT2D eigenvalue weighted by molar-refractivity contribution is -0.120. The number of hydrogen-bond acceptors (Lipinski definition) is 3. The van der Waals surface area contributed by atoms with E-state index >= 15 is 0 Å². The fourth-order valence-corrected chi connectivity index (χ4v) is 4.65. The highest BCUT2D eigenvalue weighted by atomic mass is 16.2. The predicted octanol–water partition coefficient (Wildman–Crippen LogP) is 3.66. The van der Waals surface area contributed by atoms with Gasteiger partial charge in [-0.2, -0.15) is 0 Å². The molecule has 0 bridgehead atoms. The molecule has 1 aromatic heterocycles. The number of piperazine rings is 1. The van der Waals surface area contributed by atoms with Crippen LogP contribution in [0, 0.1) is 5.92 Å². The van der Waals surface area contributed by atoms with Crippen molar-refractivity contribution in [2.45, 2.75) is 26.3 Å². The minimum atomic E-state index is -0.651. The summed E-state index contributed by atoms with van der Waals surface area (Å²) in [5.41, 5.74) is 3.24. The van der Waals surface area contributed by atoms with E-state index in [1.807, 2.05) is 18.2 Å². The Morgan fingerprint density at radius 3 is 2.59 bits per heavy atom. The van der Waals surface area contributed by atoms with Crippen molar-refractivity contribution in [1.29, 1.82) is 0 Å². The number of para-hydroxylation sites is 1. The summed E-state index contributed by atoms with van der Waals surface area (Å²) in [6.45, 7) is 5.29.